The maximum atomic E-state index is 13.1. The molecule has 1 aliphatic rings. The molecule has 0 aromatic rings. The molecule has 6 atom stereocenters. The molecule has 0 radical (unpaired) electrons. The number of carbonyl (C=O) groups excluding carboxylic acids is 2. The summed E-state index contributed by atoms with van der Waals surface area (Å²) in [5.74, 6) is -0.246. The van der Waals surface area contributed by atoms with Gasteiger partial charge < -0.3 is 31.1 Å². The third-order valence-corrected chi connectivity index (χ3v) is 12.8. The number of carbonyl (C=O) groups is 2. The Morgan fingerprint density at radius 1 is 0.410 bits per heavy atom. The first-order valence-electron chi connectivity index (χ1n) is 26.4. The molecular formula is C51H102N4O6. The molecule has 0 aromatic heterocycles. The third kappa shape index (κ3) is 33.8. The van der Waals surface area contributed by atoms with Crippen molar-refractivity contribution in [3.8, 4) is 0 Å². The Labute approximate surface area is 376 Å². The Hall–Kier alpha value is -1.30. The van der Waals surface area contributed by atoms with E-state index in [1.165, 1.54) is 116 Å². The quantitative estimate of drug-likeness (QED) is 0.0332. The Morgan fingerprint density at radius 3 is 0.984 bits per heavy atom. The summed E-state index contributed by atoms with van der Waals surface area (Å²) in [5.41, 5.74) is 0. The van der Waals surface area contributed by atoms with Crippen LogP contribution < -0.4 is 10.6 Å². The second kappa shape index (κ2) is 40.2. The van der Waals surface area contributed by atoms with Crippen LogP contribution in [0.1, 0.15) is 240 Å². The van der Waals surface area contributed by atoms with Crippen LogP contribution in [-0.2, 0) is 9.59 Å². The lowest BCUT2D eigenvalue weighted by molar-refractivity contribution is -0.137. The topological polar surface area (TPSA) is 146 Å². The van der Waals surface area contributed by atoms with Gasteiger partial charge in [-0.3, -0.25) is 19.4 Å². The van der Waals surface area contributed by atoms with Crippen LogP contribution in [0.5, 0.6) is 0 Å². The lowest BCUT2D eigenvalue weighted by Gasteiger charge is -2.31. The molecule has 10 nitrogen and oxygen atoms in total. The van der Waals surface area contributed by atoms with Crippen LogP contribution in [0, 0.1) is 0 Å². The minimum atomic E-state index is -0.540. The molecule has 0 bridgehead atoms. The fourth-order valence-electron chi connectivity index (χ4n) is 9.05. The van der Waals surface area contributed by atoms with E-state index >= 15 is 0 Å². The maximum Gasteiger partial charge on any atom is 0.243 e. The second-order valence-electron chi connectivity index (χ2n) is 19.2. The van der Waals surface area contributed by atoms with Gasteiger partial charge in [0.15, 0.2) is 0 Å². The number of aliphatic hydroxyl groups is 4. The zero-order chi connectivity index (χ0) is 44.8. The fraction of sp³-hybridized carbons (Fsp3) is 0.961. The van der Waals surface area contributed by atoms with Gasteiger partial charge in [0.05, 0.1) is 24.4 Å². The molecule has 61 heavy (non-hydrogen) atoms. The Morgan fingerprint density at radius 2 is 0.689 bits per heavy atom. The van der Waals surface area contributed by atoms with Gasteiger partial charge in [-0.05, 0) is 77.8 Å². The highest BCUT2D eigenvalue weighted by molar-refractivity contribution is 5.96. The molecule has 2 unspecified atom stereocenters. The summed E-state index contributed by atoms with van der Waals surface area (Å²) in [6.07, 6.45) is 34.7. The Balaban J connectivity index is 2.47. The molecule has 0 spiro atoms. The van der Waals surface area contributed by atoms with Crippen LogP contribution in [0.25, 0.3) is 0 Å². The number of hydrogen-bond donors (Lipinski definition) is 6. The molecule has 10 heteroatoms. The molecule has 1 aliphatic heterocycles. The van der Waals surface area contributed by atoms with Gasteiger partial charge in [0.1, 0.15) is 12.1 Å². The van der Waals surface area contributed by atoms with Crippen molar-refractivity contribution in [3.63, 3.8) is 0 Å². The van der Waals surface area contributed by atoms with Gasteiger partial charge in [0, 0.05) is 26.2 Å². The predicted molar refractivity (Wildman–Crippen MR) is 256 cm³/mol. The van der Waals surface area contributed by atoms with Gasteiger partial charge in [-0.1, -0.05) is 175 Å². The lowest BCUT2D eigenvalue weighted by atomic mass is 10.0. The van der Waals surface area contributed by atoms with E-state index in [2.05, 4.69) is 41.2 Å². The maximum absolute atomic E-state index is 13.1. The van der Waals surface area contributed by atoms with Crippen LogP contribution in [0.15, 0.2) is 0 Å². The number of hydrogen-bond acceptors (Lipinski definition) is 8. The Bertz CT molecular complexity index is 976. The van der Waals surface area contributed by atoms with Crippen LogP contribution in [0.3, 0.4) is 0 Å². The first kappa shape index (κ1) is 57.7. The van der Waals surface area contributed by atoms with E-state index in [-0.39, 0.29) is 11.8 Å². The van der Waals surface area contributed by atoms with Crippen molar-refractivity contribution in [1.29, 1.82) is 0 Å². The van der Waals surface area contributed by atoms with Crippen molar-refractivity contribution in [1.82, 2.24) is 20.4 Å². The minimum Gasteiger partial charge on any atom is -0.392 e. The molecule has 1 heterocycles. The van der Waals surface area contributed by atoms with Gasteiger partial charge in [-0.25, -0.2) is 0 Å². The highest BCUT2D eigenvalue weighted by Crippen LogP contribution is 2.17. The third-order valence-electron chi connectivity index (χ3n) is 12.8. The summed E-state index contributed by atoms with van der Waals surface area (Å²) < 4.78 is 0. The first-order chi connectivity index (χ1) is 29.6. The molecule has 0 saturated carbocycles. The van der Waals surface area contributed by atoms with E-state index in [1.807, 2.05) is 0 Å². The summed E-state index contributed by atoms with van der Waals surface area (Å²) in [6.45, 7) is 12.2. The number of aliphatic hydroxyl groups excluding tert-OH is 4. The molecule has 1 rings (SSSR count). The summed E-state index contributed by atoms with van der Waals surface area (Å²) in [5, 5.41) is 48.7. The van der Waals surface area contributed by atoms with E-state index in [9.17, 15) is 30.0 Å². The monoisotopic (exact) mass is 867 g/mol. The summed E-state index contributed by atoms with van der Waals surface area (Å²) >= 11 is 0. The summed E-state index contributed by atoms with van der Waals surface area (Å²) in [4.78, 5) is 30.5. The van der Waals surface area contributed by atoms with Crippen molar-refractivity contribution >= 4 is 11.8 Å². The van der Waals surface area contributed by atoms with Crippen LogP contribution in [-0.4, -0.2) is 118 Å². The van der Waals surface area contributed by atoms with Crippen LogP contribution >= 0.6 is 0 Å². The van der Waals surface area contributed by atoms with Gasteiger partial charge in [-0.15, -0.1) is 0 Å². The van der Waals surface area contributed by atoms with E-state index in [1.54, 1.807) is 6.92 Å². The van der Waals surface area contributed by atoms with Gasteiger partial charge >= 0.3 is 0 Å². The number of piperazine rings is 1. The number of rotatable bonds is 45. The molecule has 1 fully saturated rings. The molecule has 0 aliphatic carbocycles. The molecule has 0 aromatic carbocycles. The van der Waals surface area contributed by atoms with Gasteiger partial charge in [0.2, 0.25) is 11.8 Å². The smallest absolute Gasteiger partial charge is 0.243 e. The summed E-state index contributed by atoms with van der Waals surface area (Å²) in [7, 11) is 0. The van der Waals surface area contributed by atoms with Crippen molar-refractivity contribution in [2.24, 2.45) is 0 Å². The zero-order valence-corrected chi connectivity index (χ0v) is 40.5. The molecule has 2 amide bonds. The molecule has 1 saturated heterocycles. The number of nitrogens with zero attached hydrogens (tertiary/aromatic N) is 2. The van der Waals surface area contributed by atoms with Crippen LogP contribution in [0.4, 0.5) is 0 Å². The summed E-state index contributed by atoms with van der Waals surface area (Å²) in [6, 6.07) is -1.08. The second-order valence-corrected chi connectivity index (χ2v) is 19.2. The Kier molecular flexibility index (Phi) is 38.1. The number of amides is 2. The van der Waals surface area contributed by atoms with Crippen molar-refractivity contribution < 1.29 is 30.0 Å². The number of nitrogens with one attached hydrogen (secondary N) is 2. The minimum absolute atomic E-state index is 0.122. The van der Waals surface area contributed by atoms with Crippen molar-refractivity contribution in [2.75, 3.05) is 39.3 Å². The zero-order valence-electron chi connectivity index (χ0n) is 40.5. The van der Waals surface area contributed by atoms with E-state index in [0.29, 0.717) is 39.0 Å². The van der Waals surface area contributed by atoms with Gasteiger partial charge in [0.25, 0.3) is 0 Å². The van der Waals surface area contributed by atoms with E-state index in [0.717, 1.165) is 96.6 Å². The number of unbranched alkanes of at least 4 members (excludes halogenated alkanes) is 23. The fourth-order valence-corrected chi connectivity index (χ4v) is 9.05. The normalized spacial score (nSPS) is 17.8. The average molecular weight is 867 g/mol. The van der Waals surface area contributed by atoms with Gasteiger partial charge in [-0.2, -0.15) is 0 Å². The standard InChI is InChI=1S/C51H102N4O6/c1-5-8-11-14-17-20-23-26-33-45(57)41-54(40-44(4)56)38-31-29-36-48-50(60)53-49(51(61)52-48)37-30-32-39-55(42-46(58)34-27-24-21-18-15-12-9-6-2)43-47(59)35-28-25-22-19-16-13-10-7-3/h44-49,56-59H,5-43H2,1-4H3,(H,52,61)(H,53,60)/t44-,45-,46-,47+,48?,49?/m0/s1. The largest absolute Gasteiger partial charge is 0.392 e. The molecule has 6 N–H and O–H groups in total. The highest BCUT2D eigenvalue weighted by atomic mass is 16.3. The predicted octanol–water partition coefficient (Wildman–Crippen LogP) is 9.97. The molecule has 362 valence electrons. The molecular weight excluding hydrogens is 765 g/mol. The van der Waals surface area contributed by atoms with E-state index < -0.39 is 36.5 Å². The lowest BCUT2D eigenvalue weighted by Crippen LogP contribution is -2.61. The first-order valence-corrected chi connectivity index (χ1v) is 26.4. The van der Waals surface area contributed by atoms with Crippen molar-refractivity contribution in [3.05, 3.63) is 0 Å². The van der Waals surface area contributed by atoms with E-state index in [4.69, 9.17) is 0 Å². The van der Waals surface area contributed by atoms with Crippen molar-refractivity contribution in [2.45, 2.75) is 276 Å². The average Bonchev–Trinajstić information content (AvgIpc) is 3.22. The SMILES string of the molecule is CCCCCCCCCC[C@@H](O)CN(CCCCC1NC(=O)C(CCCCN(C[C@@H](O)CCCCCCCCCC)C[C@H](C)O)NC1=O)C[C@@H](O)CCCCCCCCCC. The van der Waals surface area contributed by atoms with Crippen LogP contribution in [0.2, 0.25) is 0 Å². The highest BCUT2D eigenvalue weighted by Gasteiger charge is 2.33.